The van der Waals surface area contributed by atoms with Gasteiger partial charge < -0.3 is 10.2 Å². The second-order valence-corrected chi connectivity index (χ2v) is 3.88. The van der Waals surface area contributed by atoms with Gasteiger partial charge in [0, 0.05) is 11.1 Å². The average molecular weight is 238 g/mol. The number of aliphatic hydroxyl groups excluding tert-OH is 2. The standard InChI is InChI=1S/C16H14O2/c17-11-15-7-3-1-5-13(15)9-10-14-6-2-4-8-16(14)12-18/h1-8,17-18H,11-12H2. The van der Waals surface area contributed by atoms with E-state index >= 15 is 0 Å². The molecule has 2 heteroatoms. The van der Waals surface area contributed by atoms with Crippen molar-refractivity contribution in [1.29, 1.82) is 0 Å². The Morgan fingerprint density at radius 3 is 1.44 bits per heavy atom. The van der Waals surface area contributed by atoms with Crippen molar-refractivity contribution in [2.24, 2.45) is 0 Å². The summed E-state index contributed by atoms with van der Waals surface area (Å²) in [5.41, 5.74) is 3.25. The normalized spacial score (nSPS) is 9.67. The largest absolute Gasteiger partial charge is 0.392 e. The van der Waals surface area contributed by atoms with E-state index in [0.29, 0.717) is 0 Å². The van der Waals surface area contributed by atoms with Gasteiger partial charge in [0.25, 0.3) is 0 Å². The van der Waals surface area contributed by atoms with Crippen molar-refractivity contribution < 1.29 is 10.2 Å². The van der Waals surface area contributed by atoms with Crippen molar-refractivity contribution in [3.63, 3.8) is 0 Å². The van der Waals surface area contributed by atoms with Gasteiger partial charge in [-0.1, -0.05) is 48.2 Å². The molecule has 0 spiro atoms. The van der Waals surface area contributed by atoms with Crippen LogP contribution in [-0.2, 0) is 13.2 Å². The Labute approximate surface area is 107 Å². The minimum absolute atomic E-state index is 0.0213. The summed E-state index contributed by atoms with van der Waals surface area (Å²) in [6.45, 7) is -0.0427. The first-order chi connectivity index (χ1) is 8.85. The van der Waals surface area contributed by atoms with Gasteiger partial charge in [0.05, 0.1) is 13.2 Å². The lowest BCUT2D eigenvalue weighted by Crippen LogP contribution is -1.90. The molecule has 2 rings (SSSR count). The van der Waals surface area contributed by atoms with E-state index in [4.69, 9.17) is 0 Å². The SMILES string of the molecule is OCc1ccccc1C#Cc1ccccc1CO. The maximum Gasteiger partial charge on any atom is 0.0694 e. The molecule has 0 unspecified atom stereocenters. The minimum Gasteiger partial charge on any atom is -0.392 e. The van der Waals surface area contributed by atoms with Crippen molar-refractivity contribution in [3.8, 4) is 11.8 Å². The second kappa shape index (κ2) is 6.02. The fourth-order valence-electron chi connectivity index (χ4n) is 1.69. The third kappa shape index (κ3) is 2.78. The molecule has 0 aliphatic heterocycles. The zero-order valence-electron chi connectivity index (χ0n) is 9.93. The molecular formula is C16H14O2. The molecule has 2 aromatic carbocycles. The monoisotopic (exact) mass is 238 g/mol. The smallest absolute Gasteiger partial charge is 0.0694 e. The van der Waals surface area contributed by atoms with Crippen LogP contribution in [0, 0.1) is 11.8 Å². The van der Waals surface area contributed by atoms with Crippen LogP contribution in [0.1, 0.15) is 22.3 Å². The molecule has 90 valence electrons. The van der Waals surface area contributed by atoms with Gasteiger partial charge in [-0.15, -0.1) is 0 Å². The highest BCUT2D eigenvalue weighted by Gasteiger charge is 1.98. The maximum absolute atomic E-state index is 9.21. The van der Waals surface area contributed by atoms with Gasteiger partial charge >= 0.3 is 0 Å². The van der Waals surface area contributed by atoms with Crippen LogP contribution in [-0.4, -0.2) is 10.2 Å². The maximum atomic E-state index is 9.21. The topological polar surface area (TPSA) is 40.5 Å². The van der Waals surface area contributed by atoms with Gasteiger partial charge in [-0.05, 0) is 23.3 Å². The second-order valence-electron chi connectivity index (χ2n) is 3.88. The van der Waals surface area contributed by atoms with Crippen LogP contribution in [0.4, 0.5) is 0 Å². The lowest BCUT2D eigenvalue weighted by Gasteiger charge is -2.00. The van der Waals surface area contributed by atoms with Crippen molar-refractivity contribution in [1.82, 2.24) is 0 Å². The predicted molar refractivity (Wildman–Crippen MR) is 70.7 cm³/mol. The van der Waals surface area contributed by atoms with E-state index in [9.17, 15) is 10.2 Å². The van der Waals surface area contributed by atoms with Crippen molar-refractivity contribution in [2.75, 3.05) is 0 Å². The quantitative estimate of drug-likeness (QED) is 0.786. The minimum atomic E-state index is -0.0213. The number of rotatable bonds is 2. The Hall–Kier alpha value is -2.08. The Morgan fingerprint density at radius 2 is 1.06 bits per heavy atom. The van der Waals surface area contributed by atoms with Gasteiger partial charge in [-0.25, -0.2) is 0 Å². The van der Waals surface area contributed by atoms with Crippen LogP contribution in [0.3, 0.4) is 0 Å². The molecule has 18 heavy (non-hydrogen) atoms. The molecule has 2 N–H and O–H groups in total. The molecule has 0 heterocycles. The molecule has 2 nitrogen and oxygen atoms in total. The summed E-state index contributed by atoms with van der Waals surface area (Å²) in [4.78, 5) is 0. The van der Waals surface area contributed by atoms with Gasteiger partial charge in [0.2, 0.25) is 0 Å². The number of hydrogen-bond acceptors (Lipinski definition) is 2. The Morgan fingerprint density at radius 1 is 0.667 bits per heavy atom. The van der Waals surface area contributed by atoms with Gasteiger partial charge in [-0.2, -0.15) is 0 Å². The Kier molecular flexibility index (Phi) is 4.14. The zero-order valence-corrected chi connectivity index (χ0v) is 9.93. The fraction of sp³-hybridized carbons (Fsp3) is 0.125. The fourth-order valence-corrected chi connectivity index (χ4v) is 1.69. The van der Waals surface area contributed by atoms with Crippen LogP contribution in [0.25, 0.3) is 0 Å². The molecule has 0 saturated heterocycles. The van der Waals surface area contributed by atoms with E-state index in [-0.39, 0.29) is 13.2 Å². The molecule has 0 aliphatic carbocycles. The van der Waals surface area contributed by atoms with Crippen LogP contribution < -0.4 is 0 Å². The first kappa shape index (κ1) is 12.4. The molecule has 0 amide bonds. The average Bonchev–Trinajstić information content (AvgIpc) is 2.45. The first-order valence-corrected chi connectivity index (χ1v) is 5.74. The highest BCUT2D eigenvalue weighted by molar-refractivity contribution is 5.48. The lowest BCUT2D eigenvalue weighted by atomic mass is 10.1. The lowest BCUT2D eigenvalue weighted by molar-refractivity contribution is 0.281. The number of aliphatic hydroxyl groups is 2. The summed E-state index contributed by atoms with van der Waals surface area (Å²) >= 11 is 0. The highest BCUT2D eigenvalue weighted by Crippen LogP contribution is 2.09. The molecule has 0 aliphatic rings. The number of hydrogen-bond donors (Lipinski definition) is 2. The summed E-state index contributed by atoms with van der Waals surface area (Å²) in [5.74, 6) is 6.07. The van der Waals surface area contributed by atoms with Crippen LogP contribution in [0.15, 0.2) is 48.5 Å². The summed E-state index contributed by atoms with van der Waals surface area (Å²) in [6, 6.07) is 15.0. The first-order valence-electron chi connectivity index (χ1n) is 5.74. The number of benzene rings is 2. The summed E-state index contributed by atoms with van der Waals surface area (Å²) in [6.07, 6.45) is 0. The molecule has 0 atom stereocenters. The van der Waals surface area contributed by atoms with E-state index in [0.717, 1.165) is 22.3 Å². The zero-order chi connectivity index (χ0) is 12.8. The van der Waals surface area contributed by atoms with Crippen LogP contribution in [0.5, 0.6) is 0 Å². The summed E-state index contributed by atoms with van der Waals surface area (Å²) in [5, 5.41) is 18.4. The van der Waals surface area contributed by atoms with Gasteiger partial charge in [0.1, 0.15) is 0 Å². The molecule has 0 aromatic heterocycles. The van der Waals surface area contributed by atoms with E-state index < -0.39 is 0 Å². The molecule has 0 fully saturated rings. The Bertz CT molecular complexity index is 540. The molecule has 0 radical (unpaired) electrons. The Balaban J connectivity index is 2.37. The van der Waals surface area contributed by atoms with Crippen molar-refractivity contribution in [2.45, 2.75) is 13.2 Å². The third-order valence-electron chi connectivity index (χ3n) is 2.71. The molecule has 0 bridgehead atoms. The van der Waals surface area contributed by atoms with Crippen LogP contribution >= 0.6 is 0 Å². The van der Waals surface area contributed by atoms with Crippen molar-refractivity contribution >= 4 is 0 Å². The van der Waals surface area contributed by atoms with Gasteiger partial charge in [0.15, 0.2) is 0 Å². The van der Waals surface area contributed by atoms with E-state index in [1.165, 1.54) is 0 Å². The summed E-state index contributed by atoms with van der Waals surface area (Å²) < 4.78 is 0. The third-order valence-corrected chi connectivity index (χ3v) is 2.71. The molecular weight excluding hydrogens is 224 g/mol. The van der Waals surface area contributed by atoms with E-state index in [1.54, 1.807) is 0 Å². The predicted octanol–water partition coefficient (Wildman–Crippen LogP) is 2.07. The molecule has 2 aromatic rings. The summed E-state index contributed by atoms with van der Waals surface area (Å²) in [7, 11) is 0. The van der Waals surface area contributed by atoms with Gasteiger partial charge in [-0.3, -0.25) is 0 Å². The highest BCUT2D eigenvalue weighted by atomic mass is 16.3. The van der Waals surface area contributed by atoms with Crippen molar-refractivity contribution in [3.05, 3.63) is 70.8 Å². The van der Waals surface area contributed by atoms with E-state index in [2.05, 4.69) is 11.8 Å². The van der Waals surface area contributed by atoms with E-state index in [1.807, 2.05) is 48.5 Å². The molecule has 0 saturated carbocycles. The van der Waals surface area contributed by atoms with Crippen LogP contribution in [0.2, 0.25) is 0 Å².